The maximum Gasteiger partial charge on any atom is 0.0589 e. The van der Waals surface area contributed by atoms with Gasteiger partial charge in [0.2, 0.25) is 0 Å². The van der Waals surface area contributed by atoms with Crippen molar-refractivity contribution in [3.8, 4) is 0 Å². The minimum atomic E-state index is 0.499. The van der Waals surface area contributed by atoms with Crippen LogP contribution >= 0.6 is 11.8 Å². The van der Waals surface area contributed by atoms with Crippen molar-refractivity contribution in [1.82, 2.24) is 4.90 Å². The normalized spacial score (nSPS) is 15.2. The number of hydrogen-bond acceptors (Lipinski definition) is 4. The van der Waals surface area contributed by atoms with E-state index in [2.05, 4.69) is 25.7 Å². The highest BCUT2D eigenvalue weighted by atomic mass is 32.2. The summed E-state index contributed by atoms with van der Waals surface area (Å²) < 4.78 is 5.20. The van der Waals surface area contributed by atoms with E-state index < -0.39 is 0 Å². The van der Waals surface area contributed by atoms with Crippen molar-refractivity contribution in [2.75, 3.05) is 38.3 Å². The molecule has 4 heteroatoms. The van der Waals surface area contributed by atoms with Gasteiger partial charge in [-0.25, -0.2) is 0 Å². The molecule has 0 aliphatic carbocycles. The van der Waals surface area contributed by atoms with Crippen molar-refractivity contribution < 1.29 is 4.74 Å². The van der Waals surface area contributed by atoms with E-state index in [1.54, 1.807) is 7.11 Å². The minimum Gasteiger partial charge on any atom is -0.383 e. The van der Waals surface area contributed by atoms with Crippen LogP contribution in [0.1, 0.15) is 33.6 Å². The van der Waals surface area contributed by atoms with Gasteiger partial charge in [0.25, 0.3) is 0 Å². The second-order valence-corrected chi connectivity index (χ2v) is 5.76. The number of nitrogens with zero attached hydrogens (tertiary/aromatic N) is 1. The molecule has 104 valence electrons. The van der Waals surface area contributed by atoms with Gasteiger partial charge in [0.05, 0.1) is 6.61 Å². The van der Waals surface area contributed by atoms with Crippen molar-refractivity contribution in [1.29, 1.82) is 0 Å². The Labute approximate surface area is 111 Å². The lowest BCUT2D eigenvalue weighted by Gasteiger charge is -2.35. The second-order valence-electron chi connectivity index (χ2n) is 4.36. The van der Waals surface area contributed by atoms with Crippen LogP contribution < -0.4 is 5.73 Å². The Morgan fingerprint density at radius 2 is 2.06 bits per heavy atom. The Morgan fingerprint density at radius 3 is 2.53 bits per heavy atom. The quantitative estimate of drug-likeness (QED) is 0.579. The van der Waals surface area contributed by atoms with Gasteiger partial charge < -0.3 is 10.5 Å². The van der Waals surface area contributed by atoms with Crippen molar-refractivity contribution in [3.63, 3.8) is 0 Å². The summed E-state index contributed by atoms with van der Waals surface area (Å²) in [5.74, 6) is 2.40. The maximum atomic E-state index is 5.93. The summed E-state index contributed by atoms with van der Waals surface area (Å²) in [5, 5.41) is 0. The van der Waals surface area contributed by atoms with Crippen LogP contribution in [0, 0.1) is 0 Å². The van der Waals surface area contributed by atoms with Crippen LogP contribution in [0.5, 0.6) is 0 Å². The van der Waals surface area contributed by atoms with Gasteiger partial charge in [0.15, 0.2) is 0 Å². The van der Waals surface area contributed by atoms with Gasteiger partial charge in [-0.05, 0) is 31.3 Å². The Bertz CT molecular complexity index is 169. The molecule has 0 bridgehead atoms. The van der Waals surface area contributed by atoms with Crippen LogP contribution in [0.25, 0.3) is 0 Å². The molecule has 0 amide bonds. The average Bonchev–Trinajstić information content (AvgIpc) is 2.36. The molecule has 3 nitrogen and oxygen atoms in total. The van der Waals surface area contributed by atoms with Crippen molar-refractivity contribution >= 4 is 11.8 Å². The first-order valence-corrected chi connectivity index (χ1v) is 7.89. The van der Waals surface area contributed by atoms with Crippen molar-refractivity contribution in [2.24, 2.45) is 5.73 Å². The number of nitrogens with two attached hydrogens (primary N) is 1. The predicted molar refractivity (Wildman–Crippen MR) is 78.8 cm³/mol. The van der Waals surface area contributed by atoms with E-state index in [9.17, 15) is 0 Å². The summed E-state index contributed by atoms with van der Waals surface area (Å²) >= 11 is 2.00. The predicted octanol–water partition coefficient (Wildman–Crippen LogP) is 2.20. The molecule has 0 spiro atoms. The zero-order chi connectivity index (χ0) is 13.1. The summed E-state index contributed by atoms with van der Waals surface area (Å²) in [6.45, 7) is 9.26. The molecule has 0 aromatic heterocycles. The number of methoxy groups -OCH3 is 1. The van der Waals surface area contributed by atoms with Crippen LogP contribution in [0.4, 0.5) is 0 Å². The molecule has 17 heavy (non-hydrogen) atoms. The highest BCUT2D eigenvalue weighted by Gasteiger charge is 2.20. The van der Waals surface area contributed by atoms with E-state index in [1.165, 1.54) is 24.3 Å². The van der Waals surface area contributed by atoms with Crippen LogP contribution in [0.15, 0.2) is 0 Å². The maximum absolute atomic E-state index is 5.93. The first-order valence-electron chi connectivity index (χ1n) is 6.73. The molecule has 0 aliphatic heterocycles. The molecule has 0 aromatic carbocycles. The molecular formula is C13H30N2OS. The van der Waals surface area contributed by atoms with Gasteiger partial charge in [0.1, 0.15) is 0 Å². The van der Waals surface area contributed by atoms with E-state index in [0.29, 0.717) is 12.1 Å². The molecule has 0 radical (unpaired) electrons. The van der Waals surface area contributed by atoms with Gasteiger partial charge in [-0.15, -0.1) is 0 Å². The fourth-order valence-corrected chi connectivity index (χ4v) is 2.70. The summed E-state index contributed by atoms with van der Waals surface area (Å²) in [4.78, 5) is 2.51. The number of thioether (sulfide) groups is 1. The van der Waals surface area contributed by atoms with Crippen LogP contribution in [0.3, 0.4) is 0 Å². The summed E-state index contributed by atoms with van der Waals surface area (Å²) in [6.07, 6.45) is 2.35. The topological polar surface area (TPSA) is 38.5 Å². The smallest absolute Gasteiger partial charge is 0.0589 e. The molecule has 0 aliphatic rings. The van der Waals surface area contributed by atoms with Crippen LogP contribution in [-0.2, 0) is 4.74 Å². The first-order chi connectivity index (χ1) is 8.21. The third kappa shape index (κ3) is 7.29. The van der Waals surface area contributed by atoms with Crippen molar-refractivity contribution in [2.45, 2.75) is 45.7 Å². The molecule has 2 N–H and O–H groups in total. The van der Waals surface area contributed by atoms with Crippen molar-refractivity contribution in [3.05, 3.63) is 0 Å². The second kappa shape index (κ2) is 11.3. The highest BCUT2D eigenvalue weighted by molar-refractivity contribution is 7.99. The molecule has 0 saturated carbocycles. The number of hydrogen-bond donors (Lipinski definition) is 1. The van der Waals surface area contributed by atoms with Gasteiger partial charge >= 0.3 is 0 Å². The van der Waals surface area contributed by atoms with E-state index in [0.717, 1.165) is 19.7 Å². The lowest BCUT2D eigenvalue weighted by Crippen LogP contribution is -2.47. The SMILES string of the molecule is CCSCCC(CN)N(CCOC)C(C)CC. The highest BCUT2D eigenvalue weighted by Crippen LogP contribution is 2.14. The first kappa shape index (κ1) is 17.2. The zero-order valence-electron chi connectivity index (χ0n) is 11.9. The lowest BCUT2D eigenvalue weighted by atomic mass is 10.1. The Balaban J connectivity index is 4.26. The number of ether oxygens (including phenoxy) is 1. The van der Waals surface area contributed by atoms with Crippen LogP contribution in [0.2, 0.25) is 0 Å². The molecule has 2 atom stereocenters. The zero-order valence-corrected chi connectivity index (χ0v) is 12.8. The Hall–Kier alpha value is 0.230. The Kier molecular flexibility index (Phi) is 11.5. The molecule has 0 rings (SSSR count). The molecular weight excluding hydrogens is 232 g/mol. The summed E-state index contributed by atoms with van der Waals surface area (Å²) in [7, 11) is 1.76. The van der Waals surface area contributed by atoms with E-state index in [-0.39, 0.29) is 0 Å². The molecule has 0 aromatic rings. The van der Waals surface area contributed by atoms with Gasteiger partial charge in [-0.2, -0.15) is 11.8 Å². The third-order valence-corrected chi connectivity index (χ3v) is 4.18. The lowest BCUT2D eigenvalue weighted by molar-refractivity contribution is 0.0892. The van der Waals surface area contributed by atoms with Gasteiger partial charge in [0, 0.05) is 32.3 Å². The van der Waals surface area contributed by atoms with Gasteiger partial charge in [-0.1, -0.05) is 13.8 Å². The average molecular weight is 262 g/mol. The monoisotopic (exact) mass is 262 g/mol. The minimum absolute atomic E-state index is 0.499. The fraction of sp³-hybridized carbons (Fsp3) is 1.00. The van der Waals surface area contributed by atoms with E-state index >= 15 is 0 Å². The molecule has 0 heterocycles. The number of rotatable bonds is 11. The van der Waals surface area contributed by atoms with Crippen LogP contribution in [-0.4, -0.2) is 55.3 Å². The molecule has 0 fully saturated rings. The molecule has 2 unspecified atom stereocenters. The van der Waals surface area contributed by atoms with E-state index in [4.69, 9.17) is 10.5 Å². The van der Waals surface area contributed by atoms with Gasteiger partial charge in [-0.3, -0.25) is 4.90 Å². The third-order valence-electron chi connectivity index (χ3n) is 3.25. The largest absolute Gasteiger partial charge is 0.383 e. The Morgan fingerprint density at radius 1 is 1.35 bits per heavy atom. The standard InChI is InChI=1S/C13H30N2OS/c1-5-12(3)15(8-9-16-4)13(11-14)7-10-17-6-2/h12-13H,5-11,14H2,1-4H3. The summed E-state index contributed by atoms with van der Waals surface area (Å²) in [5.41, 5.74) is 5.93. The fourth-order valence-electron chi connectivity index (χ4n) is 1.98. The molecule has 0 saturated heterocycles. The van der Waals surface area contributed by atoms with E-state index in [1.807, 2.05) is 11.8 Å². The summed E-state index contributed by atoms with van der Waals surface area (Å²) in [6, 6.07) is 1.09.